The van der Waals surface area contributed by atoms with Gasteiger partial charge in [-0.1, -0.05) is 15.9 Å². The molecule has 2 aromatic rings. The van der Waals surface area contributed by atoms with Crippen molar-refractivity contribution in [1.29, 1.82) is 0 Å². The van der Waals surface area contributed by atoms with E-state index in [-0.39, 0.29) is 23.8 Å². The van der Waals surface area contributed by atoms with Gasteiger partial charge in [-0.3, -0.25) is 13.7 Å². The van der Waals surface area contributed by atoms with E-state index in [1.54, 1.807) is 23.7 Å². The quantitative estimate of drug-likeness (QED) is 0.562. The number of ketones is 1. The molecule has 8 heteroatoms. The van der Waals surface area contributed by atoms with Crippen molar-refractivity contribution >= 4 is 31.8 Å². The van der Waals surface area contributed by atoms with Crippen LogP contribution in [0.4, 0.5) is 0 Å². The number of aromatic nitrogens is 2. The molecule has 0 amide bonds. The van der Waals surface area contributed by atoms with E-state index in [2.05, 4.69) is 21.0 Å². The molecule has 0 aliphatic carbocycles. The summed E-state index contributed by atoms with van der Waals surface area (Å²) in [6.07, 6.45) is 1.47. The summed E-state index contributed by atoms with van der Waals surface area (Å²) in [5.41, 5.74) is 1.22. The van der Waals surface area contributed by atoms with Crippen LogP contribution in [0.1, 0.15) is 23.0 Å². The second kappa shape index (κ2) is 6.72. The van der Waals surface area contributed by atoms with Gasteiger partial charge in [0.05, 0.1) is 29.8 Å². The van der Waals surface area contributed by atoms with E-state index in [4.69, 9.17) is 4.18 Å². The molecule has 22 heavy (non-hydrogen) atoms. The molecule has 2 rings (SSSR count). The number of carbonyl (C=O) groups is 1. The maximum absolute atomic E-state index is 12.0. The molecule has 1 aromatic heterocycles. The van der Waals surface area contributed by atoms with Gasteiger partial charge in [-0.2, -0.15) is 13.5 Å². The molecule has 0 saturated heterocycles. The van der Waals surface area contributed by atoms with Crippen molar-refractivity contribution in [2.24, 2.45) is 0 Å². The van der Waals surface area contributed by atoms with Crippen LogP contribution in [0.25, 0.3) is 0 Å². The first kappa shape index (κ1) is 16.9. The summed E-state index contributed by atoms with van der Waals surface area (Å²) >= 11 is 3.24. The van der Waals surface area contributed by atoms with E-state index in [1.165, 1.54) is 25.3 Å². The summed E-state index contributed by atoms with van der Waals surface area (Å²) in [4.78, 5) is 11.4. The van der Waals surface area contributed by atoms with Crippen molar-refractivity contribution in [1.82, 2.24) is 9.78 Å². The molecule has 0 aliphatic rings. The summed E-state index contributed by atoms with van der Waals surface area (Å²) in [6, 6.07) is 6.19. The summed E-state index contributed by atoms with van der Waals surface area (Å²) in [6.45, 7) is 3.41. The highest BCUT2D eigenvalue weighted by molar-refractivity contribution is 9.10. The minimum atomic E-state index is -3.80. The Labute approximate surface area is 137 Å². The number of hydrogen-bond acceptors (Lipinski definition) is 5. The lowest BCUT2D eigenvalue weighted by Gasteiger charge is -2.07. The lowest BCUT2D eigenvalue weighted by molar-refractivity contribution is 0.101. The maximum atomic E-state index is 12.0. The zero-order valence-electron chi connectivity index (χ0n) is 12.1. The van der Waals surface area contributed by atoms with Crippen molar-refractivity contribution in [3.63, 3.8) is 0 Å². The Bertz CT molecular complexity index is 782. The molecule has 0 unspecified atom stereocenters. The van der Waals surface area contributed by atoms with Gasteiger partial charge in [-0.25, -0.2) is 0 Å². The van der Waals surface area contributed by atoms with E-state index in [0.29, 0.717) is 11.3 Å². The topological polar surface area (TPSA) is 78.3 Å². The third-order valence-electron chi connectivity index (χ3n) is 3.13. The number of nitrogens with zero attached hydrogens (tertiary/aromatic N) is 2. The fourth-order valence-corrected chi connectivity index (χ4v) is 3.08. The van der Waals surface area contributed by atoms with Gasteiger partial charge < -0.3 is 0 Å². The zero-order chi connectivity index (χ0) is 16.3. The van der Waals surface area contributed by atoms with Crippen molar-refractivity contribution < 1.29 is 17.4 Å². The molecule has 0 aliphatic heterocycles. The zero-order valence-corrected chi connectivity index (χ0v) is 14.5. The Kier molecular flexibility index (Phi) is 5.15. The van der Waals surface area contributed by atoms with Crippen LogP contribution < -0.4 is 0 Å². The average molecular weight is 387 g/mol. The van der Waals surface area contributed by atoms with Gasteiger partial charge in [0.2, 0.25) is 0 Å². The van der Waals surface area contributed by atoms with Crippen molar-refractivity contribution in [2.45, 2.75) is 25.3 Å². The van der Waals surface area contributed by atoms with Gasteiger partial charge in [0.25, 0.3) is 10.1 Å². The highest BCUT2D eigenvalue weighted by atomic mass is 79.9. The number of benzene rings is 1. The molecule has 0 bridgehead atoms. The van der Waals surface area contributed by atoms with Crippen molar-refractivity contribution in [2.75, 3.05) is 6.61 Å². The highest BCUT2D eigenvalue weighted by Crippen LogP contribution is 2.16. The van der Waals surface area contributed by atoms with Crippen LogP contribution >= 0.6 is 15.9 Å². The standard InChI is InChI=1S/C14H15BrN2O4S/c1-10-14(11(2)18)9-16-17(10)7-8-21-22(19,20)13-5-3-12(15)4-6-13/h3-6,9H,7-8H2,1-2H3. The molecule has 1 aromatic carbocycles. The van der Waals surface area contributed by atoms with Crippen molar-refractivity contribution in [3.8, 4) is 0 Å². The van der Waals surface area contributed by atoms with Crippen LogP contribution in [0, 0.1) is 6.92 Å². The summed E-state index contributed by atoms with van der Waals surface area (Å²) in [7, 11) is -3.80. The lowest BCUT2D eigenvalue weighted by atomic mass is 10.2. The second-order valence-corrected chi connectivity index (χ2v) is 7.18. The third kappa shape index (κ3) is 3.82. The van der Waals surface area contributed by atoms with Crippen LogP contribution in [0.5, 0.6) is 0 Å². The normalized spacial score (nSPS) is 11.6. The fraction of sp³-hybridized carbons (Fsp3) is 0.286. The first-order valence-electron chi connectivity index (χ1n) is 6.49. The van der Waals surface area contributed by atoms with E-state index in [1.807, 2.05) is 0 Å². The predicted molar refractivity (Wildman–Crippen MR) is 84.2 cm³/mol. The largest absolute Gasteiger partial charge is 0.297 e. The SMILES string of the molecule is CC(=O)c1cnn(CCOS(=O)(=O)c2ccc(Br)cc2)c1C. The smallest absolute Gasteiger partial charge is 0.294 e. The lowest BCUT2D eigenvalue weighted by Crippen LogP contribution is -2.14. The number of Topliss-reactive ketones (excluding diaryl/α,β-unsaturated/α-hetero) is 1. The van der Waals surface area contributed by atoms with E-state index >= 15 is 0 Å². The number of hydrogen-bond donors (Lipinski definition) is 0. The monoisotopic (exact) mass is 386 g/mol. The average Bonchev–Trinajstić information content (AvgIpc) is 2.81. The minimum Gasteiger partial charge on any atom is -0.294 e. The molecule has 0 fully saturated rings. The first-order valence-corrected chi connectivity index (χ1v) is 8.70. The van der Waals surface area contributed by atoms with E-state index in [9.17, 15) is 13.2 Å². The molecule has 1 heterocycles. The molecule has 0 radical (unpaired) electrons. The molecule has 0 saturated carbocycles. The second-order valence-electron chi connectivity index (χ2n) is 4.65. The van der Waals surface area contributed by atoms with E-state index in [0.717, 1.165) is 4.47 Å². The summed E-state index contributed by atoms with van der Waals surface area (Å²) in [5, 5.41) is 4.06. The highest BCUT2D eigenvalue weighted by Gasteiger charge is 2.16. The Morgan fingerprint density at radius 2 is 1.95 bits per heavy atom. The Hall–Kier alpha value is -1.51. The number of rotatable bonds is 6. The molecule has 0 spiro atoms. The fourth-order valence-electron chi connectivity index (χ4n) is 1.92. The van der Waals surface area contributed by atoms with Crippen LogP contribution in [-0.2, 0) is 20.8 Å². The minimum absolute atomic E-state index is 0.0573. The van der Waals surface area contributed by atoms with Gasteiger partial charge in [-0.05, 0) is 38.1 Å². The van der Waals surface area contributed by atoms with Gasteiger partial charge >= 0.3 is 0 Å². The van der Waals surface area contributed by atoms with Gasteiger partial charge in [-0.15, -0.1) is 0 Å². The molecular weight excluding hydrogens is 372 g/mol. The van der Waals surface area contributed by atoms with E-state index < -0.39 is 10.1 Å². The van der Waals surface area contributed by atoms with Crippen LogP contribution in [0.15, 0.2) is 39.8 Å². The molecule has 0 atom stereocenters. The third-order valence-corrected chi connectivity index (χ3v) is 4.98. The first-order chi connectivity index (χ1) is 10.3. The molecule has 6 nitrogen and oxygen atoms in total. The van der Waals surface area contributed by atoms with Crippen LogP contribution in [0.3, 0.4) is 0 Å². The number of halogens is 1. The summed E-state index contributed by atoms with van der Waals surface area (Å²) in [5.74, 6) is -0.0767. The molecule has 0 N–H and O–H groups in total. The van der Waals surface area contributed by atoms with Crippen LogP contribution in [-0.4, -0.2) is 30.6 Å². The van der Waals surface area contributed by atoms with Crippen molar-refractivity contribution in [3.05, 3.63) is 46.2 Å². The van der Waals surface area contributed by atoms with Gasteiger partial charge in [0.1, 0.15) is 0 Å². The van der Waals surface area contributed by atoms with Gasteiger partial charge in [0.15, 0.2) is 5.78 Å². The Balaban J connectivity index is 2.01. The van der Waals surface area contributed by atoms with Crippen LogP contribution in [0.2, 0.25) is 0 Å². The molecular formula is C14H15BrN2O4S. The van der Waals surface area contributed by atoms with Gasteiger partial charge in [0, 0.05) is 10.2 Å². The summed E-state index contributed by atoms with van der Waals surface area (Å²) < 4.78 is 31.4. The Morgan fingerprint density at radius 1 is 1.32 bits per heavy atom. The molecule has 118 valence electrons. The Morgan fingerprint density at radius 3 is 2.50 bits per heavy atom. The maximum Gasteiger partial charge on any atom is 0.297 e. The number of carbonyl (C=O) groups excluding carboxylic acids is 1. The predicted octanol–water partition coefficient (Wildman–Crippen LogP) is 2.56.